The van der Waals surface area contributed by atoms with Crippen molar-refractivity contribution < 1.29 is 22.7 Å². The number of carboxylic acids is 1. The Hall–Kier alpha value is -0.990. The Kier molecular flexibility index (Phi) is 4.17. The Morgan fingerprint density at radius 3 is 2.65 bits per heavy atom. The molecular weight excluding hydrogens is 353 g/mol. The first-order valence-corrected chi connectivity index (χ1v) is 8.18. The van der Waals surface area contributed by atoms with E-state index in [1.165, 1.54) is 12.1 Å². The number of halogens is 2. The van der Waals surface area contributed by atoms with Gasteiger partial charge in [-0.2, -0.15) is 4.31 Å². The van der Waals surface area contributed by atoms with Crippen molar-refractivity contribution in [3.05, 3.63) is 28.5 Å². The molecule has 8 heteroatoms. The maximum absolute atomic E-state index is 13.5. The van der Waals surface area contributed by atoms with Gasteiger partial charge in [-0.3, -0.25) is 4.79 Å². The topological polar surface area (TPSA) is 74.7 Å². The third-order valence-corrected chi connectivity index (χ3v) is 6.14. The minimum Gasteiger partial charge on any atom is -0.481 e. The highest BCUT2D eigenvalue weighted by molar-refractivity contribution is 9.10. The molecule has 0 radical (unpaired) electrons. The van der Waals surface area contributed by atoms with Crippen LogP contribution in [-0.2, 0) is 14.8 Å². The summed E-state index contributed by atoms with van der Waals surface area (Å²) in [6.45, 7) is 1.68. The first-order valence-electron chi connectivity index (χ1n) is 5.95. The summed E-state index contributed by atoms with van der Waals surface area (Å²) in [5, 5.41) is 9.03. The van der Waals surface area contributed by atoms with Crippen molar-refractivity contribution in [1.82, 2.24) is 4.31 Å². The maximum Gasteiger partial charge on any atom is 0.308 e. The zero-order valence-electron chi connectivity index (χ0n) is 10.6. The summed E-state index contributed by atoms with van der Waals surface area (Å²) in [5.41, 5.74) is 0. The van der Waals surface area contributed by atoms with E-state index in [2.05, 4.69) is 15.9 Å². The van der Waals surface area contributed by atoms with Gasteiger partial charge in [-0.05, 0) is 47.5 Å². The molecule has 0 amide bonds. The van der Waals surface area contributed by atoms with Gasteiger partial charge in [0.15, 0.2) is 0 Å². The van der Waals surface area contributed by atoms with Gasteiger partial charge < -0.3 is 5.11 Å². The van der Waals surface area contributed by atoms with Crippen molar-refractivity contribution in [3.63, 3.8) is 0 Å². The lowest BCUT2D eigenvalue weighted by Gasteiger charge is -2.22. The number of rotatable bonds is 3. The van der Waals surface area contributed by atoms with Crippen molar-refractivity contribution in [2.75, 3.05) is 6.54 Å². The first-order chi connectivity index (χ1) is 9.25. The molecule has 2 unspecified atom stereocenters. The Morgan fingerprint density at radius 1 is 1.50 bits per heavy atom. The highest BCUT2D eigenvalue weighted by Gasteiger charge is 2.42. The second-order valence-corrected chi connectivity index (χ2v) is 7.41. The molecule has 1 fully saturated rings. The van der Waals surface area contributed by atoms with Crippen molar-refractivity contribution in [3.8, 4) is 0 Å². The maximum atomic E-state index is 13.5. The second-order valence-electron chi connectivity index (χ2n) is 4.67. The number of benzene rings is 1. The van der Waals surface area contributed by atoms with Gasteiger partial charge in [0.1, 0.15) is 5.82 Å². The molecule has 0 aromatic heterocycles. The molecule has 1 aliphatic heterocycles. The minimum atomic E-state index is -3.88. The Bertz CT molecular complexity index is 649. The van der Waals surface area contributed by atoms with Crippen LogP contribution in [0.2, 0.25) is 0 Å². The zero-order valence-corrected chi connectivity index (χ0v) is 13.0. The van der Waals surface area contributed by atoms with Gasteiger partial charge in [0, 0.05) is 12.6 Å². The summed E-state index contributed by atoms with van der Waals surface area (Å²) in [6.07, 6.45) is 0.259. The van der Waals surface area contributed by atoms with Gasteiger partial charge in [0.2, 0.25) is 10.0 Å². The van der Waals surface area contributed by atoms with Crippen LogP contribution in [0.25, 0.3) is 0 Å². The number of hydrogen-bond donors (Lipinski definition) is 1. The van der Waals surface area contributed by atoms with Gasteiger partial charge >= 0.3 is 5.97 Å². The van der Waals surface area contributed by atoms with Crippen LogP contribution < -0.4 is 0 Å². The number of carboxylic acid groups (broad SMARTS) is 1. The summed E-state index contributed by atoms with van der Waals surface area (Å²) in [7, 11) is -3.88. The predicted molar refractivity (Wildman–Crippen MR) is 73.2 cm³/mol. The number of hydrogen-bond acceptors (Lipinski definition) is 3. The molecule has 110 valence electrons. The number of sulfonamides is 1. The second kappa shape index (κ2) is 5.42. The van der Waals surface area contributed by atoms with E-state index in [0.29, 0.717) is 0 Å². The van der Waals surface area contributed by atoms with Crippen LogP contribution in [0.5, 0.6) is 0 Å². The van der Waals surface area contributed by atoms with Crippen LogP contribution in [0.4, 0.5) is 4.39 Å². The summed E-state index contributed by atoms with van der Waals surface area (Å²) in [5.74, 6) is -2.42. The fourth-order valence-electron chi connectivity index (χ4n) is 2.35. The predicted octanol–water partition coefficient (Wildman–Crippen LogP) is 2.07. The SMILES string of the molecule is CC1C(C(=O)O)CCN1S(=O)(=O)c1ccc(Br)c(F)c1. The third-order valence-electron chi connectivity index (χ3n) is 3.51. The van der Waals surface area contributed by atoms with E-state index in [-0.39, 0.29) is 22.3 Å². The largest absolute Gasteiger partial charge is 0.481 e. The highest BCUT2D eigenvalue weighted by atomic mass is 79.9. The van der Waals surface area contributed by atoms with Crippen LogP contribution in [-0.4, -0.2) is 36.4 Å². The molecule has 0 saturated carbocycles. The van der Waals surface area contributed by atoms with Crippen LogP contribution in [0, 0.1) is 11.7 Å². The Labute approximate surface area is 124 Å². The molecule has 1 N–H and O–H groups in total. The summed E-state index contributed by atoms with van der Waals surface area (Å²) < 4.78 is 39.6. The van der Waals surface area contributed by atoms with Crippen molar-refractivity contribution in [1.29, 1.82) is 0 Å². The Balaban J connectivity index is 2.36. The van der Waals surface area contributed by atoms with Gasteiger partial charge in [-0.25, -0.2) is 12.8 Å². The van der Waals surface area contributed by atoms with E-state index >= 15 is 0 Å². The minimum absolute atomic E-state index is 0.123. The monoisotopic (exact) mass is 365 g/mol. The molecule has 1 heterocycles. The van der Waals surface area contributed by atoms with Crippen molar-refractivity contribution in [2.24, 2.45) is 5.92 Å². The molecular formula is C12H13BrFNO4S. The van der Waals surface area contributed by atoms with E-state index in [1.807, 2.05) is 0 Å². The lowest BCUT2D eigenvalue weighted by Crippen LogP contribution is -2.37. The number of carbonyl (C=O) groups is 1. The molecule has 2 rings (SSSR count). The first kappa shape index (κ1) is 15.4. The molecule has 0 spiro atoms. The van der Waals surface area contributed by atoms with Gasteiger partial charge in [-0.15, -0.1) is 0 Å². The van der Waals surface area contributed by atoms with Crippen LogP contribution >= 0.6 is 15.9 Å². The van der Waals surface area contributed by atoms with Crippen molar-refractivity contribution >= 4 is 31.9 Å². The third kappa shape index (κ3) is 2.59. The van der Waals surface area contributed by atoms with Gasteiger partial charge in [-0.1, -0.05) is 0 Å². The average Bonchev–Trinajstić information content (AvgIpc) is 2.75. The lowest BCUT2D eigenvalue weighted by molar-refractivity contribution is -0.142. The summed E-state index contributed by atoms with van der Waals surface area (Å²) >= 11 is 2.96. The highest BCUT2D eigenvalue weighted by Crippen LogP contribution is 2.31. The van der Waals surface area contributed by atoms with Crippen LogP contribution in [0.1, 0.15) is 13.3 Å². The molecule has 1 aromatic rings. The molecule has 1 saturated heterocycles. The van der Waals surface area contributed by atoms with E-state index in [0.717, 1.165) is 10.4 Å². The van der Waals surface area contributed by atoms with E-state index in [4.69, 9.17) is 5.11 Å². The van der Waals surface area contributed by atoms with E-state index < -0.39 is 33.8 Å². The molecule has 20 heavy (non-hydrogen) atoms. The normalized spacial score (nSPS) is 23.9. The van der Waals surface area contributed by atoms with E-state index in [9.17, 15) is 17.6 Å². The number of nitrogens with zero attached hydrogens (tertiary/aromatic N) is 1. The summed E-state index contributed by atoms with van der Waals surface area (Å²) in [6, 6.07) is 2.89. The van der Waals surface area contributed by atoms with Gasteiger partial charge in [0.05, 0.1) is 15.3 Å². The summed E-state index contributed by atoms with van der Waals surface area (Å²) in [4.78, 5) is 10.9. The average molecular weight is 366 g/mol. The quantitative estimate of drug-likeness (QED) is 0.889. The Morgan fingerprint density at radius 2 is 2.15 bits per heavy atom. The molecule has 0 aliphatic carbocycles. The fraction of sp³-hybridized carbons (Fsp3) is 0.417. The fourth-order valence-corrected chi connectivity index (χ4v) is 4.29. The van der Waals surface area contributed by atoms with Gasteiger partial charge in [0.25, 0.3) is 0 Å². The molecule has 1 aliphatic rings. The molecule has 1 aromatic carbocycles. The van der Waals surface area contributed by atoms with Crippen LogP contribution in [0.15, 0.2) is 27.6 Å². The molecule has 5 nitrogen and oxygen atoms in total. The molecule has 0 bridgehead atoms. The van der Waals surface area contributed by atoms with Crippen LogP contribution in [0.3, 0.4) is 0 Å². The lowest BCUT2D eigenvalue weighted by atomic mass is 10.0. The molecule has 2 atom stereocenters. The van der Waals surface area contributed by atoms with E-state index in [1.54, 1.807) is 6.92 Å². The zero-order chi connectivity index (χ0) is 15.1. The van der Waals surface area contributed by atoms with Crippen molar-refractivity contribution in [2.45, 2.75) is 24.3 Å². The number of aliphatic carboxylic acids is 1. The standard InChI is InChI=1S/C12H13BrFNO4S/c1-7-9(12(16)17)4-5-15(7)20(18,19)8-2-3-10(13)11(14)6-8/h2-3,6-7,9H,4-5H2,1H3,(H,16,17). The smallest absolute Gasteiger partial charge is 0.308 e.